The molecule has 0 saturated heterocycles. The molecule has 3 N–H and O–H groups in total. The molecule has 2 aliphatic carbocycles. The summed E-state index contributed by atoms with van der Waals surface area (Å²) >= 11 is 0. The highest BCUT2D eigenvalue weighted by atomic mass is 16.5. The molecule has 2 aromatic carbocycles. The highest BCUT2D eigenvalue weighted by Crippen LogP contribution is 2.44. The van der Waals surface area contributed by atoms with Gasteiger partial charge in [0.15, 0.2) is 0 Å². The molecule has 1 saturated carbocycles. The molecule has 7 heteroatoms. The van der Waals surface area contributed by atoms with E-state index in [1.54, 1.807) is 0 Å². The van der Waals surface area contributed by atoms with Crippen LogP contribution in [0.1, 0.15) is 68.9 Å². The van der Waals surface area contributed by atoms with Gasteiger partial charge in [-0.15, -0.1) is 0 Å². The van der Waals surface area contributed by atoms with E-state index in [9.17, 15) is 19.5 Å². The molecule has 0 spiro atoms. The van der Waals surface area contributed by atoms with Crippen LogP contribution in [0.2, 0.25) is 0 Å². The van der Waals surface area contributed by atoms with E-state index in [2.05, 4.69) is 22.8 Å². The van der Waals surface area contributed by atoms with E-state index in [1.807, 2.05) is 43.3 Å². The van der Waals surface area contributed by atoms with Gasteiger partial charge in [-0.1, -0.05) is 81.1 Å². The second-order valence-electron chi connectivity index (χ2n) is 9.53. The first-order chi connectivity index (χ1) is 17.0. The zero-order valence-corrected chi connectivity index (χ0v) is 20.2. The van der Waals surface area contributed by atoms with Crippen molar-refractivity contribution < 1.29 is 24.2 Å². The number of benzene rings is 2. The van der Waals surface area contributed by atoms with Crippen molar-refractivity contribution in [1.29, 1.82) is 0 Å². The van der Waals surface area contributed by atoms with Gasteiger partial charge in [0.2, 0.25) is 5.91 Å². The van der Waals surface area contributed by atoms with Gasteiger partial charge < -0.3 is 20.5 Å². The number of carbonyl (C=O) groups excluding carboxylic acids is 2. The van der Waals surface area contributed by atoms with E-state index in [0.29, 0.717) is 12.8 Å². The molecule has 1 fully saturated rings. The fraction of sp³-hybridized carbons (Fsp3) is 0.464. The molecule has 35 heavy (non-hydrogen) atoms. The Hall–Kier alpha value is -3.35. The lowest BCUT2D eigenvalue weighted by molar-refractivity contribution is -0.144. The number of aliphatic carboxylic acids is 1. The van der Waals surface area contributed by atoms with Crippen LogP contribution in [0.15, 0.2) is 48.5 Å². The topological polar surface area (TPSA) is 105 Å². The quantitative estimate of drug-likeness (QED) is 0.478. The van der Waals surface area contributed by atoms with Gasteiger partial charge in [-0.2, -0.15) is 0 Å². The molecule has 0 bridgehead atoms. The van der Waals surface area contributed by atoms with Crippen molar-refractivity contribution in [2.45, 2.75) is 69.9 Å². The molecule has 0 heterocycles. The highest BCUT2D eigenvalue weighted by molar-refractivity contribution is 5.89. The van der Waals surface area contributed by atoms with E-state index in [4.69, 9.17) is 4.74 Å². The molecule has 0 aliphatic heterocycles. The lowest BCUT2D eigenvalue weighted by Gasteiger charge is -2.29. The van der Waals surface area contributed by atoms with Crippen LogP contribution < -0.4 is 10.6 Å². The molecule has 2 aromatic rings. The van der Waals surface area contributed by atoms with Crippen LogP contribution in [0.25, 0.3) is 11.1 Å². The summed E-state index contributed by atoms with van der Waals surface area (Å²) in [6.45, 7) is 2.07. The van der Waals surface area contributed by atoms with Crippen LogP contribution in [0.3, 0.4) is 0 Å². The van der Waals surface area contributed by atoms with Crippen LogP contribution >= 0.6 is 0 Å². The summed E-state index contributed by atoms with van der Waals surface area (Å²) in [7, 11) is 0. The van der Waals surface area contributed by atoms with Gasteiger partial charge in [0, 0.05) is 5.92 Å². The fourth-order valence-electron chi connectivity index (χ4n) is 5.44. The number of hydrogen-bond donors (Lipinski definition) is 3. The summed E-state index contributed by atoms with van der Waals surface area (Å²) in [5.74, 6) is -1.66. The maximum absolute atomic E-state index is 13.0. The van der Waals surface area contributed by atoms with Crippen molar-refractivity contribution >= 4 is 18.0 Å². The van der Waals surface area contributed by atoms with Crippen molar-refractivity contribution in [2.75, 3.05) is 6.61 Å². The van der Waals surface area contributed by atoms with Crippen molar-refractivity contribution in [2.24, 2.45) is 5.92 Å². The van der Waals surface area contributed by atoms with Gasteiger partial charge in [0.05, 0.1) is 0 Å². The SMILES string of the molecule is CCC[C@@H](NC(=O)OCC1c2ccccc2-c2ccccc21)C(=O)NC(C(=O)O)C1CCCCC1. The Morgan fingerprint density at radius 1 is 0.943 bits per heavy atom. The number of alkyl carbamates (subject to hydrolysis) is 1. The number of hydrogen-bond acceptors (Lipinski definition) is 4. The predicted molar refractivity (Wildman–Crippen MR) is 133 cm³/mol. The third-order valence-corrected chi connectivity index (χ3v) is 7.21. The van der Waals surface area contributed by atoms with E-state index < -0.39 is 30.1 Å². The number of amides is 2. The van der Waals surface area contributed by atoms with E-state index in [1.165, 1.54) is 0 Å². The van der Waals surface area contributed by atoms with Crippen molar-refractivity contribution in [1.82, 2.24) is 10.6 Å². The first kappa shape index (κ1) is 24.8. The number of rotatable bonds is 9. The molecule has 2 amide bonds. The summed E-state index contributed by atoms with van der Waals surface area (Å²) in [5, 5.41) is 15.1. The standard InChI is InChI=1S/C28H34N2O5/c1-2-10-24(26(31)30-25(27(32)33)18-11-4-3-5-12-18)29-28(34)35-17-23-21-15-8-6-13-19(21)20-14-7-9-16-22(20)23/h6-9,13-16,18,23-25H,2-5,10-12,17H2,1H3,(H,29,34)(H,30,31)(H,32,33)/t24-,25?/m1/s1. The largest absolute Gasteiger partial charge is 0.480 e. The van der Waals surface area contributed by atoms with Gasteiger partial charge in [-0.25, -0.2) is 9.59 Å². The Kier molecular flexibility index (Phi) is 8.06. The zero-order valence-electron chi connectivity index (χ0n) is 20.2. The Labute approximate surface area is 206 Å². The zero-order chi connectivity index (χ0) is 24.8. The van der Waals surface area contributed by atoms with Crippen LogP contribution in [0, 0.1) is 5.92 Å². The van der Waals surface area contributed by atoms with E-state index in [0.717, 1.165) is 54.4 Å². The Morgan fingerprint density at radius 2 is 1.54 bits per heavy atom. The van der Waals surface area contributed by atoms with Crippen molar-refractivity contribution in [3.05, 3.63) is 59.7 Å². The number of fused-ring (bicyclic) bond motifs is 3. The summed E-state index contributed by atoms with van der Waals surface area (Å²) in [6, 6.07) is 14.4. The molecule has 186 valence electrons. The predicted octanol–water partition coefficient (Wildman–Crippen LogP) is 4.84. The molecular formula is C28H34N2O5. The van der Waals surface area contributed by atoms with Gasteiger partial charge >= 0.3 is 12.1 Å². The first-order valence-electron chi connectivity index (χ1n) is 12.6. The number of carboxylic acids is 1. The minimum absolute atomic E-state index is 0.0747. The van der Waals surface area contributed by atoms with Crippen molar-refractivity contribution in [3.8, 4) is 11.1 Å². The van der Waals surface area contributed by atoms with Crippen LogP contribution in [0.5, 0.6) is 0 Å². The minimum Gasteiger partial charge on any atom is -0.480 e. The summed E-state index contributed by atoms with van der Waals surface area (Å²) < 4.78 is 5.59. The summed E-state index contributed by atoms with van der Waals surface area (Å²) in [4.78, 5) is 37.5. The summed E-state index contributed by atoms with van der Waals surface area (Å²) in [6.07, 6.45) is 4.99. The molecule has 4 rings (SSSR count). The number of carboxylic acid groups (broad SMARTS) is 1. The van der Waals surface area contributed by atoms with Crippen LogP contribution in [-0.2, 0) is 14.3 Å². The van der Waals surface area contributed by atoms with Crippen LogP contribution in [-0.4, -0.2) is 41.8 Å². The third-order valence-electron chi connectivity index (χ3n) is 7.21. The molecular weight excluding hydrogens is 444 g/mol. The summed E-state index contributed by atoms with van der Waals surface area (Å²) in [5.41, 5.74) is 4.51. The molecule has 0 aromatic heterocycles. The number of carbonyl (C=O) groups is 3. The van der Waals surface area contributed by atoms with Crippen molar-refractivity contribution in [3.63, 3.8) is 0 Å². The van der Waals surface area contributed by atoms with E-state index >= 15 is 0 Å². The maximum Gasteiger partial charge on any atom is 0.407 e. The molecule has 2 atom stereocenters. The second kappa shape index (κ2) is 11.4. The first-order valence-corrected chi connectivity index (χ1v) is 12.6. The molecule has 1 unspecified atom stereocenters. The molecule has 7 nitrogen and oxygen atoms in total. The maximum atomic E-state index is 13.0. The van der Waals surface area contributed by atoms with Gasteiger partial charge in [-0.3, -0.25) is 4.79 Å². The highest BCUT2D eigenvalue weighted by Gasteiger charge is 2.34. The monoisotopic (exact) mass is 478 g/mol. The third kappa shape index (κ3) is 5.66. The Morgan fingerprint density at radius 3 is 2.11 bits per heavy atom. The molecule has 2 aliphatic rings. The second-order valence-corrected chi connectivity index (χ2v) is 9.53. The average Bonchev–Trinajstić information content (AvgIpc) is 3.19. The van der Waals surface area contributed by atoms with Gasteiger partial charge in [0.1, 0.15) is 18.7 Å². The average molecular weight is 479 g/mol. The number of nitrogens with one attached hydrogen (secondary N) is 2. The lowest BCUT2D eigenvalue weighted by Crippen LogP contribution is -2.54. The molecule has 0 radical (unpaired) electrons. The number of ether oxygens (including phenoxy) is 1. The fourth-order valence-corrected chi connectivity index (χ4v) is 5.44. The Bertz CT molecular complexity index is 1020. The smallest absolute Gasteiger partial charge is 0.407 e. The minimum atomic E-state index is -1.03. The van der Waals surface area contributed by atoms with Gasteiger partial charge in [0.25, 0.3) is 0 Å². The lowest BCUT2D eigenvalue weighted by atomic mass is 9.83. The normalized spacial score (nSPS) is 17.1. The Balaban J connectivity index is 1.38. The van der Waals surface area contributed by atoms with Crippen LogP contribution in [0.4, 0.5) is 4.79 Å². The van der Waals surface area contributed by atoms with E-state index in [-0.39, 0.29) is 18.4 Å². The van der Waals surface area contributed by atoms with Gasteiger partial charge in [-0.05, 0) is 47.4 Å².